The minimum absolute atomic E-state index is 0.144. The Morgan fingerprint density at radius 1 is 1.04 bits per heavy atom. The van der Waals surface area contributed by atoms with Crippen LogP contribution in [0, 0.1) is 6.92 Å². The van der Waals surface area contributed by atoms with Gasteiger partial charge in [0.05, 0.1) is 5.41 Å². The molecule has 0 aliphatic carbocycles. The Kier molecular flexibility index (Phi) is 5.87. The molecule has 0 spiro atoms. The van der Waals surface area contributed by atoms with Crippen molar-refractivity contribution in [2.24, 2.45) is 0 Å². The maximum absolute atomic E-state index is 13.0. The summed E-state index contributed by atoms with van der Waals surface area (Å²) in [5.41, 5.74) is 3.27. The molecule has 1 aliphatic heterocycles. The van der Waals surface area contributed by atoms with Crippen LogP contribution in [0.2, 0.25) is 0 Å². The number of carbonyl (C=O) groups is 1. The molecular formula is C22H27NO2. The fourth-order valence-electron chi connectivity index (χ4n) is 3.54. The van der Waals surface area contributed by atoms with E-state index in [1.165, 1.54) is 11.1 Å². The quantitative estimate of drug-likeness (QED) is 0.815. The van der Waals surface area contributed by atoms with Crippen molar-refractivity contribution in [2.45, 2.75) is 38.0 Å². The highest BCUT2D eigenvalue weighted by atomic mass is 16.5. The molecule has 0 atom stereocenters. The minimum Gasteiger partial charge on any atom is -0.381 e. The van der Waals surface area contributed by atoms with Gasteiger partial charge in [-0.15, -0.1) is 0 Å². The molecule has 0 saturated carbocycles. The molecule has 1 N–H and O–H groups in total. The summed E-state index contributed by atoms with van der Waals surface area (Å²) in [5, 5.41) is 3.18. The Hall–Kier alpha value is -2.13. The average molecular weight is 337 g/mol. The van der Waals surface area contributed by atoms with Crippen LogP contribution in [-0.2, 0) is 21.4 Å². The van der Waals surface area contributed by atoms with Gasteiger partial charge in [-0.3, -0.25) is 4.79 Å². The topological polar surface area (TPSA) is 38.3 Å². The first kappa shape index (κ1) is 17.7. The van der Waals surface area contributed by atoms with E-state index in [1.807, 2.05) is 18.2 Å². The summed E-state index contributed by atoms with van der Waals surface area (Å²) in [4.78, 5) is 13.0. The normalized spacial score (nSPS) is 16.4. The van der Waals surface area contributed by atoms with Crippen molar-refractivity contribution in [3.05, 3.63) is 71.3 Å². The number of ether oxygens (including phenoxy) is 1. The standard InChI is InChI=1S/C22H27NO2/c1-18-9-11-19(12-10-18)6-5-15-23-21(24)22(13-16-25-17-14-22)20-7-3-2-4-8-20/h2-4,7-12H,5-6,13-17H2,1H3,(H,23,24). The lowest BCUT2D eigenvalue weighted by atomic mass is 9.73. The smallest absolute Gasteiger partial charge is 0.230 e. The summed E-state index contributed by atoms with van der Waals surface area (Å²) in [7, 11) is 0. The molecule has 0 radical (unpaired) electrons. The van der Waals surface area contributed by atoms with E-state index in [4.69, 9.17) is 4.74 Å². The van der Waals surface area contributed by atoms with Crippen molar-refractivity contribution in [1.82, 2.24) is 5.32 Å². The SMILES string of the molecule is Cc1ccc(CCCNC(=O)C2(c3ccccc3)CCOCC2)cc1. The molecule has 3 rings (SSSR count). The van der Waals surface area contributed by atoms with Crippen LogP contribution in [0.5, 0.6) is 0 Å². The summed E-state index contributed by atoms with van der Waals surface area (Å²) in [5.74, 6) is 0.144. The largest absolute Gasteiger partial charge is 0.381 e. The number of amides is 1. The Balaban J connectivity index is 1.58. The van der Waals surface area contributed by atoms with Crippen LogP contribution in [0.1, 0.15) is 36.0 Å². The van der Waals surface area contributed by atoms with Crippen molar-refractivity contribution in [1.29, 1.82) is 0 Å². The maximum atomic E-state index is 13.0. The van der Waals surface area contributed by atoms with Gasteiger partial charge in [-0.1, -0.05) is 60.2 Å². The van der Waals surface area contributed by atoms with E-state index < -0.39 is 5.41 Å². The van der Waals surface area contributed by atoms with Crippen molar-refractivity contribution >= 4 is 5.91 Å². The van der Waals surface area contributed by atoms with Gasteiger partial charge in [-0.2, -0.15) is 0 Å². The maximum Gasteiger partial charge on any atom is 0.230 e. The number of benzene rings is 2. The molecule has 0 aromatic heterocycles. The third-order valence-electron chi connectivity index (χ3n) is 5.16. The summed E-state index contributed by atoms with van der Waals surface area (Å²) in [6.45, 7) is 4.10. The Labute approximate surface area is 150 Å². The van der Waals surface area contributed by atoms with Crippen LogP contribution in [0.4, 0.5) is 0 Å². The van der Waals surface area contributed by atoms with E-state index in [-0.39, 0.29) is 5.91 Å². The zero-order valence-electron chi connectivity index (χ0n) is 15.0. The number of aryl methyl sites for hydroxylation is 2. The second kappa shape index (κ2) is 8.30. The predicted octanol–water partition coefficient (Wildman–Crippen LogP) is 3.79. The molecule has 3 nitrogen and oxygen atoms in total. The van der Waals surface area contributed by atoms with E-state index in [0.717, 1.165) is 31.2 Å². The van der Waals surface area contributed by atoms with Crippen molar-refractivity contribution < 1.29 is 9.53 Å². The molecule has 1 fully saturated rings. The molecule has 1 amide bonds. The van der Waals surface area contributed by atoms with Crippen molar-refractivity contribution in [3.63, 3.8) is 0 Å². The molecule has 2 aromatic rings. The fourth-order valence-corrected chi connectivity index (χ4v) is 3.54. The van der Waals surface area contributed by atoms with Crippen LogP contribution in [-0.4, -0.2) is 25.7 Å². The van der Waals surface area contributed by atoms with Crippen LogP contribution in [0.15, 0.2) is 54.6 Å². The first-order chi connectivity index (χ1) is 12.2. The van der Waals surface area contributed by atoms with E-state index in [1.54, 1.807) is 0 Å². The number of carbonyl (C=O) groups excluding carboxylic acids is 1. The van der Waals surface area contributed by atoms with Gasteiger partial charge in [0.2, 0.25) is 5.91 Å². The molecule has 0 unspecified atom stereocenters. The fraction of sp³-hybridized carbons (Fsp3) is 0.409. The van der Waals surface area contributed by atoms with Gasteiger partial charge in [0.25, 0.3) is 0 Å². The molecule has 1 heterocycles. The average Bonchev–Trinajstić information content (AvgIpc) is 2.67. The lowest BCUT2D eigenvalue weighted by Crippen LogP contribution is -2.48. The summed E-state index contributed by atoms with van der Waals surface area (Å²) < 4.78 is 5.51. The Bertz CT molecular complexity index is 673. The minimum atomic E-state index is -0.441. The van der Waals surface area contributed by atoms with Gasteiger partial charge in [-0.05, 0) is 43.7 Å². The van der Waals surface area contributed by atoms with Gasteiger partial charge in [0.1, 0.15) is 0 Å². The predicted molar refractivity (Wildman–Crippen MR) is 101 cm³/mol. The Morgan fingerprint density at radius 3 is 2.40 bits per heavy atom. The van der Waals surface area contributed by atoms with Gasteiger partial charge in [0, 0.05) is 19.8 Å². The van der Waals surface area contributed by atoms with Crippen molar-refractivity contribution in [3.8, 4) is 0 Å². The first-order valence-electron chi connectivity index (χ1n) is 9.18. The van der Waals surface area contributed by atoms with Crippen molar-refractivity contribution in [2.75, 3.05) is 19.8 Å². The van der Waals surface area contributed by atoms with Crippen LogP contribution in [0.25, 0.3) is 0 Å². The second-order valence-corrected chi connectivity index (χ2v) is 6.91. The van der Waals surface area contributed by atoms with Crippen LogP contribution < -0.4 is 5.32 Å². The number of nitrogens with one attached hydrogen (secondary N) is 1. The summed E-state index contributed by atoms with van der Waals surface area (Å²) in [6.07, 6.45) is 3.44. The lowest BCUT2D eigenvalue weighted by molar-refractivity contribution is -0.130. The van der Waals surface area contributed by atoms with Crippen LogP contribution >= 0.6 is 0 Å². The molecule has 25 heavy (non-hydrogen) atoms. The monoisotopic (exact) mass is 337 g/mol. The zero-order valence-corrected chi connectivity index (χ0v) is 15.0. The highest BCUT2D eigenvalue weighted by Crippen LogP contribution is 2.35. The molecule has 1 aliphatic rings. The highest BCUT2D eigenvalue weighted by Gasteiger charge is 2.41. The molecule has 132 valence electrons. The number of hydrogen-bond acceptors (Lipinski definition) is 2. The zero-order chi connectivity index (χ0) is 17.5. The van der Waals surface area contributed by atoms with Gasteiger partial charge < -0.3 is 10.1 Å². The van der Waals surface area contributed by atoms with E-state index in [0.29, 0.717) is 19.8 Å². The Morgan fingerprint density at radius 2 is 1.72 bits per heavy atom. The molecular weight excluding hydrogens is 310 g/mol. The highest BCUT2D eigenvalue weighted by molar-refractivity contribution is 5.88. The third kappa shape index (κ3) is 4.29. The summed E-state index contributed by atoms with van der Waals surface area (Å²) in [6, 6.07) is 18.8. The second-order valence-electron chi connectivity index (χ2n) is 6.91. The first-order valence-corrected chi connectivity index (χ1v) is 9.18. The van der Waals surface area contributed by atoms with Gasteiger partial charge in [0.15, 0.2) is 0 Å². The molecule has 1 saturated heterocycles. The molecule has 0 bridgehead atoms. The van der Waals surface area contributed by atoms with E-state index in [2.05, 4.69) is 48.6 Å². The van der Waals surface area contributed by atoms with Gasteiger partial charge in [-0.25, -0.2) is 0 Å². The number of hydrogen-bond donors (Lipinski definition) is 1. The lowest BCUT2D eigenvalue weighted by Gasteiger charge is -2.36. The van der Waals surface area contributed by atoms with E-state index in [9.17, 15) is 4.79 Å². The molecule has 2 aromatic carbocycles. The van der Waals surface area contributed by atoms with Crippen LogP contribution in [0.3, 0.4) is 0 Å². The van der Waals surface area contributed by atoms with Gasteiger partial charge >= 0.3 is 0 Å². The number of rotatable bonds is 6. The van der Waals surface area contributed by atoms with E-state index >= 15 is 0 Å². The molecule has 3 heteroatoms. The summed E-state index contributed by atoms with van der Waals surface area (Å²) >= 11 is 0. The third-order valence-corrected chi connectivity index (χ3v) is 5.16.